The van der Waals surface area contributed by atoms with Crippen molar-refractivity contribution in [3.63, 3.8) is 0 Å². The maximum absolute atomic E-state index is 10.3. The Morgan fingerprint density at radius 2 is 2.18 bits per heavy atom. The standard InChI is InChI=1S/C15H22O2/c1-11(7-8-16)5-6-14-12(2)9-13(17)10-15(14,3)4/h5-9,13-14,17H,10H2,1-4H3/t13-,14+/m1/s1. The molecule has 17 heavy (non-hydrogen) atoms. The lowest BCUT2D eigenvalue weighted by Crippen LogP contribution is -2.32. The number of carbonyl (C=O) groups excluding carboxylic acids is 1. The molecule has 0 aromatic rings. The van der Waals surface area contributed by atoms with Gasteiger partial charge in [0.15, 0.2) is 0 Å². The van der Waals surface area contributed by atoms with E-state index in [4.69, 9.17) is 0 Å². The van der Waals surface area contributed by atoms with Crippen molar-refractivity contribution in [2.75, 3.05) is 0 Å². The van der Waals surface area contributed by atoms with Gasteiger partial charge in [0.1, 0.15) is 6.29 Å². The van der Waals surface area contributed by atoms with Gasteiger partial charge in [-0.1, -0.05) is 37.6 Å². The third-order valence-electron chi connectivity index (χ3n) is 3.41. The van der Waals surface area contributed by atoms with E-state index in [1.165, 1.54) is 5.57 Å². The zero-order chi connectivity index (χ0) is 13.1. The molecule has 0 saturated carbocycles. The fourth-order valence-corrected chi connectivity index (χ4v) is 2.57. The predicted octanol–water partition coefficient (Wildman–Crippen LogP) is 3.04. The van der Waals surface area contributed by atoms with E-state index in [1.807, 2.05) is 19.1 Å². The zero-order valence-corrected chi connectivity index (χ0v) is 11.1. The molecule has 0 saturated heterocycles. The Bertz CT molecular complexity index is 372. The summed E-state index contributed by atoms with van der Waals surface area (Å²) in [6.45, 7) is 8.30. The summed E-state index contributed by atoms with van der Waals surface area (Å²) in [6, 6.07) is 0. The Morgan fingerprint density at radius 1 is 1.53 bits per heavy atom. The number of allylic oxidation sites excluding steroid dienone is 5. The second-order valence-electron chi connectivity index (χ2n) is 5.55. The van der Waals surface area contributed by atoms with Crippen LogP contribution in [0, 0.1) is 11.3 Å². The van der Waals surface area contributed by atoms with Crippen LogP contribution in [0.3, 0.4) is 0 Å². The van der Waals surface area contributed by atoms with Gasteiger partial charge in [0, 0.05) is 5.92 Å². The fourth-order valence-electron chi connectivity index (χ4n) is 2.57. The van der Waals surface area contributed by atoms with Crippen LogP contribution in [-0.4, -0.2) is 17.5 Å². The van der Waals surface area contributed by atoms with Gasteiger partial charge in [-0.2, -0.15) is 0 Å². The van der Waals surface area contributed by atoms with E-state index < -0.39 is 0 Å². The van der Waals surface area contributed by atoms with Crippen LogP contribution >= 0.6 is 0 Å². The minimum atomic E-state index is -0.332. The molecule has 2 nitrogen and oxygen atoms in total. The molecule has 0 heterocycles. The molecular weight excluding hydrogens is 212 g/mol. The highest BCUT2D eigenvalue weighted by Gasteiger charge is 2.34. The molecule has 0 bridgehead atoms. The van der Waals surface area contributed by atoms with Crippen LogP contribution in [0.1, 0.15) is 34.1 Å². The van der Waals surface area contributed by atoms with Crippen LogP contribution in [0.15, 0.2) is 35.5 Å². The van der Waals surface area contributed by atoms with E-state index in [0.717, 1.165) is 18.3 Å². The molecule has 2 heteroatoms. The molecule has 0 fully saturated rings. The van der Waals surface area contributed by atoms with Crippen molar-refractivity contribution in [3.05, 3.63) is 35.5 Å². The topological polar surface area (TPSA) is 37.3 Å². The second-order valence-corrected chi connectivity index (χ2v) is 5.55. The molecule has 0 aromatic heterocycles. The number of hydrogen-bond acceptors (Lipinski definition) is 2. The summed E-state index contributed by atoms with van der Waals surface area (Å²) >= 11 is 0. The number of aliphatic hydroxyl groups excluding tert-OH is 1. The van der Waals surface area contributed by atoms with Crippen molar-refractivity contribution in [2.24, 2.45) is 11.3 Å². The Morgan fingerprint density at radius 3 is 2.71 bits per heavy atom. The highest BCUT2D eigenvalue weighted by atomic mass is 16.3. The molecule has 1 aliphatic carbocycles. The molecule has 0 unspecified atom stereocenters. The maximum atomic E-state index is 10.3. The van der Waals surface area contributed by atoms with E-state index in [2.05, 4.69) is 26.8 Å². The van der Waals surface area contributed by atoms with Gasteiger partial charge >= 0.3 is 0 Å². The lowest BCUT2D eigenvalue weighted by molar-refractivity contribution is -0.104. The quantitative estimate of drug-likeness (QED) is 0.353. The highest BCUT2D eigenvalue weighted by Crippen LogP contribution is 2.41. The number of rotatable bonds is 3. The first-order chi connectivity index (χ1) is 7.86. The van der Waals surface area contributed by atoms with Crippen molar-refractivity contribution in [1.82, 2.24) is 0 Å². The maximum Gasteiger partial charge on any atom is 0.143 e. The molecule has 0 radical (unpaired) electrons. The van der Waals surface area contributed by atoms with E-state index in [1.54, 1.807) is 6.08 Å². The SMILES string of the molecule is CC(C=C[C@H]1C(C)=C[C@@H](O)CC1(C)C)=CC=O. The van der Waals surface area contributed by atoms with Gasteiger partial charge < -0.3 is 5.11 Å². The second kappa shape index (κ2) is 5.46. The number of aliphatic hydroxyl groups is 1. The zero-order valence-electron chi connectivity index (χ0n) is 11.1. The summed E-state index contributed by atoms with van der Waals surface area (Å²) in [5, 5.41) is 9.74. The Hall–Kier alpha value is -1.15. The number of aldehydes is 1. The molecule has 2 atom stereocenters. The summed E-state index contributed by atoms with van der Waals surface area (Å²) in [5.74, 6) is 0.320. The van der Waals surface area contributed by atoms with Crippen molar-refractivity contribution in [3.8, 4) is 0 Å². The first-order valence-corrected chi connectivity index (χ1v) is 6.03. The van der Waals surface area contributed by atoms with E-state index >= 15 is 0 Å². The number of carbonyl (C=O) groups is 1. The van der Waals surface area contributed by atoms with Crippen LogP contribution in [0.4, 0.5) is 0 Å². The minimum Gasteiger partial charge on any atom is -0.389 e. The third kappa shape index (κ3) is 3.67. The first kappa shape index (κ1) is 13.9. The fraction of sp³-hybridized carbons (Fsp3) is 0.533. The molecule has 0 spiro atoms. The predicted molar refractivity (Wildman–Crippen MR) is 70.6 cm³/mol. The Kier molecular flexibility index (Phi) is 4.47. The normalized spacial score (nSPS) is 29.2. The van der Waals surface area contributed by atoms with Crippen LogP contribution in [-0.2, 0) is 4.79 Å². The molecular formula is C15H22O2. The van der Waals surface area contributed by atoms with Gasteiger partial charge in [0.05, 0.1) is 6.10 Å². The Labute approximate surface area is 104 Å². The van der Waals surface area contributed by atoms with Crippen molar-refractivity contribution in [2.45, 2.75) is 40.2 Å². The highest BCUT2D eigenvalue weighted by molar-refractivity contribution is 5.66. The summed E-state index contributed by atoms with van der Waals surface area (Å²) in [6.07, 6.45) is 8.84. The summed E-state index contributed by atoms with van der Waals surface area (Å²) in [7, 11) is 0. The monoisotopic (exact) mass is 234 g/mol. The lowest BCUT2D eigenvalue weighted by Gasteiger charge is -2.38. The van der Waals surface area contributed by atoms with E-state index in [9.17, 15) is 9.90 Å². The van der Waals surface area contributed by atoms with Crippen molar-refractivity contribution >= 4 is 6.29 Å². The van der Waals surface area contributed by atoms with Gasteiger partial charge in [-0.25, -0.2) is 0 Å². The van der Waals surface area contributed by atoms with E-state index in [-0.39, 0.29) is 11.5 Å². The van der Waals surface area contributed by atoms with Gasteiger partial charge in [-0.05, 0) is 37.3 Å². The third-order valence-corrected chi connectivity index (χ3v) is 3.41. The average molecular weight is 234 g/mol. The molecule has 1 rings (SSSR count). The van der Waals surface area contributed by atoms with Crippen molar-refractivity contribution in [1.29, 1.82) is 0 Å². The van der Waals surface area contributed by atoms with Crippen molar-refractivity contribution < 1.29 is 9.90 Å². The summed E-state index contributed by atoms with van der Waals surface area (Å²) in [4.78, 5) is 10.3. The Balaban J connectivity index is 2.92. The number of hydrogen-bond donors (Lipinski definition) is 1. The van der Waals surface area contributed by atoms with E-state index in [0.29, 0.717) is 5.92 Å². The summed E-state index contributed by atoms with van der Waals surface area (Å²) < 4.78 is 0. The van der Waals surface area contributed by atoms with Gasteiger partial charge in [-0.15, -0.1) is 0 Å². The largest absolute Gasteiger partial charge is 0.389 e. The molecule has 0 aliphatic heterocycles. The smallest absolute Gasteiger partial charge is 0.143 e. The molecule has 1 aliphatic rings. The summed E-state index contributed by atoms with van der Waals surface area (Å²) in [5.41, 5.74) is 2.20. The van der Waals surface area contributed by atoms with Gasteiger partial charge in [0.2, 0.25) is 0 Å². The minimum absolute atomic E-state index is 0.0518. The van der Waals surface area contributed by atoms with Crippen LogP contribution in [0.25, 0.3) is 0 Å². The van der Waals surface area contributed by atoms with Gasteiger partial charge in [0.25, 0.3) is 0 Å². The molecule has 0 aromatic carbocycles. The molecule has 1 N–H and O–H groups in total. The first-order valence-electron chi connectivity index (χ1n) is 6.03. The van der Waals surface area contributed by atoms with Crippen LogP contribution in [0.5, 0.6) is 0 Å². The van der Waals surface area contributed by atoms with Gasteiger partial charge in [-0.3, -0.25) is 4.79 Å². The average Bonchev–Trinajstić information content (AvgIpc) is 2.14. The lowest BCUT2D eigenvalue weighted by atomic mass is 9.67. The molecule has 94 valence electrons. The van der Waals surface area contributed by atoms with Crippen LogP contribution in [0.2, 0.25) is 0 Å². The van der Waals surface area contributed by atoms with Crippen LogP contribution < -0.4 is 0 Å². The molecule has 0 amide bonds.